The van der Waals surface area contributed by atoms with Crippen molar-refractivity contribution in [3.63, 3.8) is 0 Å². The molecule has 0 radical (unpaired) electrons. The molecular formula is C20H24N2O4. The van der Waals surface area contributed by atoms with E-state index >= 15 is 0 Å². The van der Waals surface area contributed by atoms with Gasteiger partial charge in [-0.2, -0.15) is 0 Å². The maximum Gasteiger partial charge on any atom is 0.254 e. The number of para-hydroxylation sites is 1. The van der Waals surface area contributed by atoms with Crippen LogP contribution in [0.4, 0.5) is 0 Å². The highest BCUT2D eigenvalue weighted by Crippen LogP contribution is 2.21. The molecule has 1 N–H and O–H groups in total. The van der Waals surface area contributed by atoms with Crippen molar-refractivity contribution >= 4 is 5.91 Å². The topological polar surface area (TPSA) is 71.9 Å². The normalized spacial score (nSPS) is 20.5. The molecule has 1 aromatic carbocycles. The molecule has 0 spiro atoms. The van der Waals surface area contributed by atoms with E-state index in [9.17, 15) is 9.90 Å². The van der Waals surface area contributed by atoms with Gasteiger partial charge in [-0.1, -0.05) is 18.2 Å². The Labute approximate surface area is 153 Å². The number of aromatic nitrogens is 1. The second-order valence-electron chi connectivity index (χ2n) is 6.75. The first-order valence-electron chi connectivity index (χ1n) is 8.67. The number of ether oxygens (including phenoxy) is 2. The molecule has 0 saturated carbocycles. The van der Waals surface area contributed by atoms with E-state index in [2.05, 4.69) is 4.98 Å². The molecule has 1 fully saturated rings. The highest BCUT2D eigenvalue weighted by atomic mass is 16.5. The average Bonchev–Trinajstić information content (AvgIpc) is 2.83. The fraction of sp³-hybridized carbons (Fsp3) is 0.400. The summed E-state index contributed by atoms with van der Waals surface area (Å²) < 4.78 is 11.4. The van der Waals surface area contributed by atoms with Gasteiger partial charge in [0, 0.05) is 24.5 Å². The number of carbonyl (C=O) groups is 1. The van der Waals surface area contributed by atoms with E-state index in [0.717, 1.165) is 11.1 Å². The molecule has 1 aromatic heterocycles. The molecule has 1 amide bonds. The zero-order chi connectivity index (χ0) is 18.6. The van der Waals surface area contributed by atoms with E-state index in [0.29, 0.717) is 24.5 Å². The van der Waals surface area contributed by atoms with Gasteiger partial charge in [0.15, 0.2) is 0 Å². The molecule has 3 rings (SSSR count). The molecule has 26 heavy (non-hydrogen) atoms. The Kier molecular flexibility index (Phi) is 5.54. The number of aryl methyl sites for hydroxylation is 2. The number of β-amino-alcohol motifs (C(OH)–C–C–N with tert-alkyl or cyclic N) is 1. The van der Waals surface area contributed by atoms with E-state index in [1.165, 1.54) is 0 Å². The van der Waals surface area contributed by atoms with Crippen molar-refractivity contribution < 1.29 is 19.4 Å². The first kappa shape index (κ1) is 18.4. The molecule has 138 valence electrons. The summed E-state index contributed by atoms with van der Waals surface area (Å²) >= 11 is 0. The van der Waals surface area contributed by atoms with E-state index in [1.54, 1.807) is 23.4 Å². The Morgan fingerprint density at radius 3 is 2.88 bits per heavy atom. The maximum absolute atomic E-state index is 12.9. The van der Waals surface area contributed by atoms with Crippen LogP contribution in [0.2, 0.25) is 0 Å². The fourth-order valence-corrected chi connectivity index (χ4v) is 2.99. The Morgan fingerprint density at radius 1 is 1.31 bits per heavy atom. The maximum atomic E-state index is 12.9. The van der Waals surface area contributed by atoms with Gasteiger partial charge in [-0.05, 0) is 37.1 Å². The predicted octanol–water partition coefficient (Wildman–Crippen LogP) is 1.98. The van der Waals surface area contributed by atoms with Crippen LogP contribution in [0.1, 0.15) is 21.5 Å². The van der Waals surface area contributed by atoms with Crippen LogP contribution in [-0.2, 0) is 4.74 Å². The van der Waals surface area contributed by atoms with Crippen LogP contribution < -0.4 is 4.74 Å². The second-order valence-corrected chi connectivity index (χ2v) is 6.75. The monoisotopic (exact) mass is 356 g/mol. The number of benzene rings is 1. The Bertz CT molecular complexity index is 780. The molecule has 2 heterocycles. The minimum Gasteiger partial charge on any atom is -0.490 e. The Morgan fingerprint density at radius 2 is 2.12 bits per heavy atom. The number of nitrogens with zero attached hydrogens (tertiary/aromatic N) is 2. The van der Waals surface area contributed by atoms with Gasteiger partial charge in [-0.25, -0.2) is 0 Å². The average molecular weight is 356 g/mol. The molecule has 0 aliphatic carbocycles. The van der Waals surface area contributed by atoms with E-state index in [-0.39, 0.29) is 25.7 Å². The SMILES string of the molecule is Cc1ccccc1OC[C@@]1(O)COCCN(C(=O)c2ccncc2C)C1. The van der Waals surface area contributed by atoms with E-state index in [1.807, 2.05) is 38.1 Å². The minimum atomic E-state index is -1.27. The number of amides is 1. The summed E-state index contributed by atoms with van der Waals surface area (Å²) in [5, 5.41) is 11.0. The van der Waals surface area contributed by atoms with Gasteiger partial charge < -0.3 is 19.5 Å². The number of pyridine rings is 1. The van der Waals surface area contributed by atoms with Crippen molar-refractivity contribution in [2.45, 2.75) is 19.4 Å². The summed E-state index contributed by atoms with van der Waals surface area (Å²) in [6.07, 6.45) is 3.26. The second kappa shape index (κ2) is 7.85. The molecule has 0 unspecified atom stereocenters. The minimum absolute atomic E-state index is 0.0525. The van der Waals surface area contributed by atoms with Crippen molar-refractivity contribution in [2.24, 2.45) is 0 Å². The Balaban J connectivity index is 1.73. The standard InChI is InChI=1S/C20H24N2O4/c1-15-5-3-4-6-18(15)26-14-20(24)12-22(9-10-25-13-20)19(23)17-7-8-21-11-16(17)2/h3-8,11,24H,9-10,12-14H2,1-2H3/t20-/m0/s1. The third-order valence-corrected chi connectivity index (χ3v) is 4.49. The van der Waals surface area contributed by atoms with Crippen LogP contribution >= 0.6 is 0 Å². The molecule has 2 aromatic rings. The highest BCUT2D eigenvalue weighted by Gasteiger charge is 2.36. The lowest BCUT2D eigenvalue weighted by atomic mass is 10.0. The van der Waals surface area contributed by atoms with Crippen molar-refractivity contribution in [2.75, 3.05) is 32.9 Å². The molecule has 1 aliphatic heterocycles. The molecule has 1 atom stereocenters. The van der Waals surface area contributed by atoms with Gasteiger partial charge >= 0.3 is 0 Å². The van der Waals surface area contributed by atoms with Gasteiger partial charge in [0.1, 0.15) is 18.0 Å². The third-order valence-electron chi connectivity index (χ3n) is 4.49. The highest BCUT2D eigenvalue weighted by molar-refractivity contribution is 5.95. The fourth-order valence-electron chi connectivity index (χ4n) is 2.99. The Hall–Kier alpha value is -2.44. The summed E-state index contributed by atoms with van der Waals surface area (Å²) in [5.74, 6) is 0.581. The molecular weight excluding hydrogens is 332 g/mol. The molecule has 1 saturated heterocycles. The van der Waals surface area contributed by atoms with Crippen LogP contribution in [0, 0.1) is 13.8 Å². The van der Waals surface area contributed by atoms with Crippen molar-refractivity contribution in [1.82, 2.24) is 9.88 Å². The van der Waals surface area contributed by atoms with Gasteiger partial charge in [0.05, 0.1) is 19.8 Å². The van der Waals surface area contributed by atoms with Crippen LogP contribution in [0.15, 0.2) is 42.7 Å². The van der Waals surface area contributed by atoms with E-state index < -0.39 is 5.60 Å². The molecule has 6 heteroatoms. The number of hydrogen-bond donors (Lipinski definition) is 1. The first-order valence-corrected chi connectivity index (χ1v) is 8.67. The van der Waals surface area contributed by atoms with Crippen molar-refractivity contribution in [1.29, 1.82) is 0 Å². The van der Waals surface area contributed by atoms with Crippen molar-refractivity contribution in [3.05, 3.63) is 59.4 Å². The summed E-state index contributed by atoms with van der Waals surface area (Å²) in [5.41, 5.74) is 1.12. The third kappa shape index (κ3) is 4.20. The van der Waals surface area contributed by atoms with Gasteiger partial charge in [0.25, 0.3) is 5.91 Å². The molecule has 0 bridgehead atoms. The summed E-state index contributed by atoms with van der Waals surface area (Å²) in [4.78, 5) is 18.5. The van der Waals surface area contributed by atoms with Crippen LogP contribution in [0.3, 0.4) is 0 Å². The van der Waals surface area contributed by atoms with Gasteiger partial charge in [-0.3, -0.25) is 9.78 Å². The molecule has 1 aliphatic rings. The first-order chi connectivity index (χ1) is 12.5. The van der Waals surface area contributed by atoms with Gasteiger partial charge in [-0.15, -0.1) is 0 Å². The summed E-state index contributed by atoms with van der Waals surface area (Å²) in [6, 6.07) is 9.33. The van der Waals surface area contributed by atoms with Gasteiger partial charge in [0.2, 0.25) is 0 Å². The lowest BCUT2D eigenvalue weighted by Gasteiger charge is -2.31. The lowest BCUT2D eigenvalue weighted by molar-refractivity contribution is -0.0622. The number of carbonyl (C=O) groups excluding carboxylic acids is 1. The van der Waals surface area contributed by atoms with Crippen LogP contribution in [-0.4, -0.2) is 59.4 Å². The zero-order valence-electron chi connectivity index (χ0n) is 15.1. The quantitative estimate of drug-likeness (QED) is 0.907. The van der Waals surface area contributed by atoms with E-state index in [4.69, 9.17) is 9.47 Å². The van der Waals surface area contributed by atoms with Crippen molar-refractivity contribution in [3.8, 4) is 5.75 Å². The number of hydrogen-bond acceptors (Lipinski definition) is 5. The lowest BCUT2D eigenvalue weighted by Crippen LogP contribution is -2.50. The largest absolute Gasteiger partial charge is 0.490 e. The number of rotatable bonds is 4. The number of aliphatic hydroxyl groups is 1. The smallest absolute Gasteiger partial charge is 0.254 e. The summed E-state index contributed by atoms with van der Waals surface area (Å²) in [6.45, 7) is 4.93. The van der Waals surface area contributed by atoms with Crippen LogP contribution in [0.25, 0.3) is 0 Å². The zero-order valence-corrected chi connectivity index (χ0v) is 15.1. The predicted molar refractivity (Wildman–Crippen MR) is 97.3 cm³/mol. The molecule has 6 nitrogen and oxygen atoms in total. The van der Waals surface area contributed by atoms with Crippen LogP contribution in [0.5, 0.6) is 5.75 Å². The summed E-state index contributed by atoms with van der Waals surface area (Å²) in [7, 11) is 0.